The molecular formula is C19H20ClN3O3S. The maximum atomic E-state index is 12.9. The molecule has 0 spiro atoms. The Kier molecular flexibility index (Phi) is 6.47. The Labute approximate surface area is 164 Å². The van der Waals surface area contributed by atoms with Gasteiger partial charge in [0.25, 0.3) is 15.9 Å². The second-order valence-electron chi connectivity index (χ2n) is 6.11. The first-order valence-corrected chi connectivity index (χ1v) is 9.99. The van der Waals surface area contributed by atoms with Gasteiger partial charge in [0.05, 0.1) is 23.1 Å². The molecule has 0 bridgehead atoms. The largest absolute Gasteiger partial charge is 0.338 e. The minimum Gasteiger partial charge on any atom is -0.338 e. The van der Waals surface area contributed by atoms with Crippen molar-refractivity contribution >= 4 is 33.2 Å². The van der Waals surface area contributed by atoms with E-state index in [1.54, 1.807) is 44.3 Å². The summed E-state index contributed by atoms with van der Waals surface area (Å²) < 4.78 is 27.0. The Morgan fingerprint density at radius 1 is 1.19 bits per heavy atom. The van der Waals surface area contributed by atoms with Gasteiger partial charge in [0, 0.05) is 30.7 Å². The molecule has 0 fully saturated rings. The van der Waals surface area contributed by atoms with Gasteiger partial charge in [0.1, 0.15) is 0 Å². The van der Waals surface area contributed by atoms with Gasteiger partial charge in [-0.2, -0.15) is 5.26 Å². The molecule has 0 N–H and O–H groups in total. The van der Waals surface area contributed by atoms with E-state index < -0.39 is 10.0 Å². The molecule has 2 aromatic carbocycles. The molecule has 142 valence electrons. The summed E-state index contributed by atoms with van der Waals surface area (Å²) in [5.74, 6) is -0.347. The number of nitrogens with zero attached hydrogens (tertiary/aromatic N) is 3. The van der Waals surface area contributed by atoms with Gasteiger partial charge in [0.2, 0.25) is 0 Å². The van der Waals surface area contributed by atoms with Crippen LogP contribution in [0.25, 0.3) is 0 Å². The summed E-state index contributed by atoms with van der Waals surface area (Å²) in [7, 11) is -0.855. The molecule has 0 aliphatic carbocycles. The number of benzene rings is 2. The van der Waals surface area contributed by atoms with Crippen molar-refractivity contribution in [2.75, 3.05) is 18.4 Å². The Hall–Kier alpha value is -2.56. The van der Waals surface area contributed by atoms with E-state index in [0.29, 0.717) is 10.7 Å². The number of hydrogen-bond donors (Lipinski definition) is 0. The highest BCUT2D eigenvalue weighted by Crippen LogP contribution is 2.25. The quantitative estimate of drug-likeness (QED) is 0.736. The first-order valence-electron chi connectivity index (χ1n) is 8.17. The lowest BCUT2D eigenvalue weighted by atomic mass is 10.1. The molecular weight excluding hydrogens is 386 g/mol. The molecule has 1 atom stereocenters. The molecule has 1 amide bonds. The maximum Gasteiger partial charge on any atom is 0.264 e. The third-order valence-electron chi connectivity index (χ3n) is 4.28. The van der Waals surface area contributed by atoms with Crippen LogP contribution in [0.1, 0.15) is 23.7 Å². The summed E-state index contributed by atoms with van der Waals surface area (Å²) in [6.07, 6.45) is 0.192. The zero-order valence-corrected chi connectivity index (χ0v) is 16.8. The van der Waals surface area contributed by atoms with Crippen molar-refractivity contribution in [2.24, 2.45) is 0 Å². The number of amides is 1. The molecule has 0 aromatic heterocycles. The molecule has 0 aliphatic heterocycles. The van der Waals surface area contributed by atoms with Crippen molar-refractivity contribution in [3.63, 3.8) is 0 Å². The van der Waals surface area contributed by atoms with Crippen LogP contribution in [-0.4, -0.2) is 39.4 Å². The first kappa shape index (κ1) is 20.7. The Morgan fingerprint density at radius 2 is 1.85 bits per heavy atom. The molecule has 27 heavy (non-hydrogen) atoms. The molecule has 1 unspecified atom stereocenters. The number of anilines is 1. The van der Waals surface area contributed by atoms with Crippen LogP contribution in [-0.2, 0) is 10.0 Å². The standard InChI is InChI=1S/C19H20ClN3O3S/c1-14(10-11-21)22(2)19(24)15-6-4-9-18(12-15)27(25,26)23(3)17-8-5-7-16(20)13-17/h4-9,12-14H,10H2,1-3H3. The fraction of sp³-hybridized carbons (Fsp3) is 0.263. The average molecular weight is 406 g/mol. The molecule has 6 nitrogen and oxygen atoms in total. The van der Waals surface area contributed by atoms with Gasteiger partial charge < -0.3 is 4.90 Å². The zero-order valence-electron chi connectivity index (χ0n) is 15.3. The van der Waals surface area contributed by atoms with Crippen LogP contribution in [0.5, 0.6) is 0 Å². The van der Waals surface area contributed by atoms with E-state index in [2.05, 4.69) is 0 Å². The number of hydrogen-bond acceptors (Lipinski definition) is 4. The van der Waals surface area contributed by atoms with Crippen LogP contribution >= 0.6 is 11.6 Å². The monoisotopic (exact) mass is 405 g/mol. The minimum atomic E-state index is -3.87. The van der Waals surface area contributed by atoms with E-state index >= 15 is 0 Å². The van der Waals surface area contributed by atoms with E-state index in [-0.39, 0.29) is 28.8 Å². The lowest BCUT2D eigenvalue weighted by Crippen LogP contribution is -2.35. The highest BCUT2D eigenvalue weighted by atomic mass is 35.5. The van der Waals surface area contributed by atoms with Crippen molar-refractivity contribution in [3.8, 4) is 6.07 Å². The van der Waals surface area contributed by atoms with Crippen molar-refractivity contribution in [1.29, 1.82) is 5.26 Å². The van der Waals surface area contributed by atoms with E-state index in [1.807, 2.05) is 6.07 Å². The van der Waals surface area contributed by atoms with Crippen molar-refractivity contribution < 1.29 is 13.2 Å². The molecule has 0 saturated heterocycles. The number of carbonyl (C=O) groups excluding carboxylic acids is 1. The van der Waals surface area contributed by atoms with Gasteiger partial charge in [-0.3, -0.25) is 9.10 Å². The van der Waals surface area contributed by atoms with Gasteiger partial charge >= 0.3 is 0 Å². The molecule has 2 rings (SSSR count). The van der Waals surface area contributed by atoms with E-state index in [9.17, 15) is 13.2 Å². The highest BCUT2D eigenvalue weighted by Gasteiger charge is 2.24. The molecule has 8 heteroatoms. The lowest BCUT2D eigenvalue weighted by molar-refractivity contribution is 0.0746. The number of rotatable bonds is 6. The van der Waals surface area contributed by atoms with Gasteiger partial charge in [0.15, 0.2) is 0 Å². The first-order chi connectivity index (χ1) is 12.7. The van der Waals surface area contributed by atoms with Crippen LogP contribution in [0.3, 0.4) is 0 Å². The summed E-state index contributed by atoms with van der Waals surface area (Å²) in [5.41, 5.74) is 0.654. The summed E-state index contributed by atoms with van der Waals surface area (Å²) in [4.78, 5) is 14.0. The molecule has 0 saturated carbocycles. The molecule has 2 aromatic rings. The van der Waals surface area contributed by atoms with Gasteiger partial charge in [-0.15, -0.1) is 0 Å². The van der Waals surface area contributed by atoms with Gasteiger partial charge in [-0.05, 0) is 43.3 Å². The van der Waals surface area contributed by atoms with Crippen LogP contribution in [0, 0.1) is 11.3 Å². The fourth-order valence-corrected chi connectivity index (χ4v) is 3.85. The van der Waals surface area contributed by atoms with Crippen LogP contribution in [0.2, 0.25) is 5.02 Å². The summed E-state index contributed by atoms with van der Waals surface area (Å²) >= 11 is 5.95. The van der Waals surface area contributed by atoms with Gasteiger partial charge in [-0.1, -0.05) is 23.7 Å². The molecule has 0 radical (unpaired) electrons. The predicted molar refractivity (Wildman–Crippen MR) is 105 cm³/mol. The number of nitriles is 1. The van der Waals surface area contributed by atoms with Crippen molar-refractivity contribution in [3.05, 3.63) is 59.1 Å². The third-order valence-corrected chi connectivity index (χ3v) is 6.30. The normalized spacial score (nSPS) is 12.1. The fourth-order valence-electron chi connectivity index (χ4n) is 2.43. The van der Waals surface area contributed by atoms with E-state index in [1.165, 1.54) is 30.1 Å². The average Bonchev–Trinajstić information content (AvgIpc) is 2.66. The van der Waals surface area contributed by atoms with Crippen LogP contribution < -0.4 is 4.31 Å². The molecule has 0 heterocycles. The lowest BCUT2D eigenvalue weighted by Gasteiger charge is -2.24. The van der Waals surface area contributed by atoms with Crippen LogP contribution in [0.15, 0.2) is 53.4 Å². The summed E-state index contributed by atoms with van der Waals surface area (Å²) in [5, 5.41) is 9.22. The highest BCUT2D eigenvalue weighted by molar-refractivity contribution is 7.92. The number of sulfonamides is 1. The Balaban J connectivity index is 2.36. The maximum absolute atomic E-state index is 12.9. The van der Waals surface area contributed by atoms with E-state index in [4.69, 9.17) is 16.9 Å². The predicted octanol–water partition coefficient (Wildman–Crippen LogP) is 3.54. The zero-order chi connectivity index (χ0) is 20.2. The third kappa shape index (κ3) is 4.59. The Morgan fingerprint density at radius 3 is 2.48 bits per heavy atom. The van der Waals surface area contributed by atoms with Gasteiger partial charge in [-0.25, -0.2) is 8.42 Å². The summed E-state index contributed by atoms with van der Waals surface area (Å²) in [6, 6.07) is 14.1. The molecule has 0 aliphatic rings. The second kappa shape index (κ2) is 8.42. The topological polar surface area (TPSA) is 81.5 Å². The number of halogens is 1. The number of carbonyl (C=O) groups is 1. The smallest absolute Gasteiger partial charge is 0.264 e. The van der Waals surface area contributed by atoms with Crippen molar-refractivity contribution in [2.45, 2.75) is 24.3 Å². The SMILES string of the molecule is CC(CC#N)N(C)C(=O)c1cccc(S(=O)(=O)N(C)c2cccc(Cl)c2)c1. The second-order valence-corrected chi connectivity index (χ2v) is 8.51. The van der Waals surface area contributed by atoms with E-state index in [0.717, 1.165) is 4.31 Å². The van der Waals surface area contributed by atoms with Crippen molar-refractivity contribution in [1.82, 2.24) is 4.90 Å². The Bertz CT molecular complexity index is 986. The summed E-state index contributed by atoms with van der Waals surface area (Å²) in [6.45, 7) is 1.76. The minimum absolute atomic E-state index is 0.00263. The van der Waals surface area contributed by atoms with Crippen LogP contribution in [0.4, 0.5) is 5.69 Å².